The molecule has 7 heteroatoms. The first-order valence-corrected chi connectivity index (χ1v) is 10.9. The second kappa shape index (κ2) is 9.09. The molecule has 2 aliphatic heterocycles. The first kappa shape index (κ1) is 20.1. The molecule has 2 aromatic carbocycles. The van der Waals surface area contributed by atoms with Crippen molar-refractivity contribution in [2.45, 2.75) is 24.7 Å². The Morgan fingerprint density at radius 2 is 1.87 bits per heavy atom. The highest BCUT2D eigenvalue weighted by atomic mass is 16.5. The average Bonchev–Trinajstić information content (AvgIpc) is 3.18. The molecule has 3 aliphatic rings. The summed E-state index contributed by atoms with van der Waals surface area (Å²) in [6.45, 7) is 3.76. The van der Waals surface area contributed by atoms with Gasteiger partial charge < -0.3 is 15.4 Å². The molecule has 3 unspecified atom stereocenters. The van der Waals surface area contributed by atoms with E-state index in [0.29, 0.717) is 18.9 Å². The fraction of sp³-hybridized carbons (Fsp3) is 0.375. The molecular weight excluding hydrogens is 390 g/mol. The molecular formula is C24H27N5O2. The van der Waals surface area contributed by atoms with Crippen molar-refractivity contribution in [3.8, 4) is 0 Å². The van der Waals surface area contributed by atoms with E-state index in [1.165, 1.54) is 16.7 Å². The van der Waals surface area contributed by atoms with Gasteiger partial charge in [0.25, 0.3) is 5.91 Å². The summed E-state index contributed by atoms with van der Waals surface area (Å²) in [5, 5.41) is 15.3. The van der Waals surface area contributed by atoms with E-state index in [1.54, 1.807) is 0 Å². The Bertz CT molecular complexity index is 984. The number of rotatable bonds is 5. The Labute approximate surface area is 182 Å². The van der Waals surface area contributed by atoms with Crippen LogP contribution in [0.3, 0.4) is 0 Å². The number of nitrogens with zero attached hydrogens (tertiary/aromatic N) is 3. The summed E-state index contributed by atoms with van der Waals surface area (Å²) in [5.74, 6) is 0.144. The van der Waals surface area contributed by atoms with Crippen molar-refractivity contribution < 1.29 is 9.53 Å². The quantitative estimate of drug-likeness (QED) is 0.732. The molecule has 160 valence electrons. The molecule has 3 atom stereocenters. The zero-order chi connectivity index (χ0) is 21.0. The number of carbonyl (C=O) groups is 1. The van der Waals surface area contributed by atoms with E-state index in [0.717, 1.165) is 31.9 Å². The van der Waals surface area contributed by atoms with Crippen LogP contribution in [0.15, 0.2) is 70.4 Å². The van der Waals surface area contributed by atoms with Gasteiger partial charge in [0.2, 0.25) is 6.17 Å². The van der Waals surface area contributed by atoms with Crippen molar-refractivity contribution in [2.75, 3.05) is 38.1 Å². The second-order valence-electron chi connectivity index (χ2n) is 8.14. The standard InChI is InChI=1S/C24H27N5O2/c30-24(26-19-7-2-1-3-8-19)23(29-12-10-25-11-13-29)28-27-22-15-18-14-17-6-4-5-9-20(17)21(18)16-31-22/h1-9,14,21-23,25H,10-13,15-16H2,(H,26,30). The van der Waals surface area contributed by atoms with Crippen LogP contribution in [0, 0.1) is 0 Å². The summed E-state index contributed by atoms with van der Waals surface area (Å²) in [4.78, 5) is 15.1. The number of azo groups is 1. The number of piperazine rings is 1. The van der Waals surface area contributed by atoms with Crippen LogP contribution in [-0.2, 0) is 9.53 Å². The van der Waals surface area contributed by atoms with Gasteiger partial charge in [-0.3, -0.25) is 9.69 Å². The molecule has 7 nitrogen and oxygen atoms in total. The van der Waals surface area contributed by atoms with Crippen LogP contribution >= 0.6 is 0 Å². The molecule has 5 rings (SSSR count). The first-order chi connectivity index (χ1) is 15.3. The lowest BCUT2D eigenvalue weighted by atomic mass is 9.92. The fourth-order valence-corrected chi connectivity index (χ4v) is 4.48. The lowest BCUT2D eigenvalue weighted by Gasteiger charge is -2.31. The van der Waals surface area contributed by atoms with Crippen LogP contribution in [-0.4, -0.2) is 56.0 Å². The number of hydrogen-bond donors (Lipinski definition) is 2. The smallest absolute Gasteiger partial charge is 0.266 e. The molecule has 0 radical (unpaired) electrons. The van der Waals surface area contributed by atoms with Gasteiger partial charge in [-0.1, -0.05) is 54.1 Å². The van der Waals surface area contributed by atoms with Gasteiger partial charge in [0.05, 0.1) is 6.61 Å². The van der Waals surface area contributed by atoms with Crippen molar-refractivity contribution in [1.29, 1.82) is 0 Å². The van der Waals surface area contributed by atoms with Crippen molar-refractivity contribution in [1.82, 2.24) is 10.2 Å². The number of ether oxygens (including phenoxy) is 1. The zero-order valence-electron chi connectivity index (χ0n) is 17.4. The van der Waals surface area contributed by atoms with Gasteiger partial charge in [-0.25, -0.2) is 0 Å². The molecule has 2 heterocycles. The number of hydrogen-bond acceptors (Lipinski definition) is 6. The molecule has 31 heavy (non-hydrogen) atoms. The van der Waals surface area contributed by atoms with E-state index < -0.39 is 6.17 Å². The van der Waals surface area contributed by atoms with Crippen molar-refractivity contribution in [2.24, 2.45) is 10.2 Å². The Morgan fingerprint density at radius 1 is 1.10 bits per heavy atom. The van der Waals surface area contributed by atoms with Crippen LogP contribution in [0.5, 0.6) is 0 Å². The number of benzene rings is 2. The summed E-state index contributed by atoms with van der Waals surface area (Å²) in [5.41, 5.74) is 4.69. The van der Waals surface area contributed by atoms with Gasteiger partial charge >= 0.3 is 0 Å². The maximum Gasteiger partial charge on any atom is 0.266 e. The topological polar surface area (TPSA) is 78.3 Å². The van der Waals surface area contributed by atoms with Gasteiger partial charge in [-0.2, -0.15) is 10.2 Å². The third-order valence-electron chi connectivity index (χ3n) is 6.10. The second-order valence-corrected chi connectivity index (χ2v) is 8.14. The average molecular weight is 418 g/mol. The summed E-state index contributed by atoms with van der Waals surface area (Å²) >= 11 is 0. The number of anilines is 1. The Balaban J connectivity index is 1.29. The van der Waals surface area contributed by atoms with Gasteiger partial charge in [0.1, 0.15) is 0 Å². The number of fused-ring (bicyclic) bond motifs is 3. The van der Waals surface area contributed by atoms with Crippen molar-refractivity contribution in [3.05, 3.63) is 71.3 Å². The number of para-hydroxylation sites is 1. The Kier molecular flexibility index (Phi) is 5.88. The zero-order valence-corrected chi connectivity index (χ0v) is 17.4. The first-order valence-electron chi connectivity index (χ1n) is 10.9. The molecule has 0 bridgehead atoms. The largest absolute Gasteiger partial charge is 0.353 e. The molecule has 0 aromatic heterocycles. The van der Waals surface area contributed by atoms with E-state index in [-0.39, 0.29) is 12.1 Å². The summed E-state index contributed by atoms with van der Waals surface area (Å²) in [6.07, 6.45) is 1.93. The highest BCUT2D eigenvalue weighted by molar-refractivity contribution is 5.94. The summed E-state index contributed by atoms with van der Waals surface area (Å²) in [7, 11) is 0. The number of amides is 1. The van der Waals surface area contributed by atoms with Crippen molar-refractivity contribution >= 4 is 17.7 Å². The minimum atomic E-state index is -0.668. The molecule has 0 spiro atoms. The van der Waals surface area contributed by atoms with Gasteiger partial charge in [0.15, 0.2) is 6.23 Å². The normalized spacial score (nSPS) is 24.3. The van der Waals surface area contributed by atoms with Crippen LogP contribution in [0.25, 0.3) is 6.08 Å². The highest BCUT2D eigenvalue weighted by Gasteiger charge is 2.33. The molecule has 2 saturated heterocycles. The maximum atomic E-state index is 13.0. The molecule has 0 saturated carbocycles. The lowest BCUT2D eigenvalue weighted by molar-refractivity contribution is -0.121. The third kappa shape index (κ3) is 4.44. The van der Waals surface area contributed by atoms with Crippen LogP contribution in [0.2, 0.25) is 0 Å². The Hall–Kier alpha value is -2.87. The monoisotopic (exact) mass is 417 g/mol. The van der Waals surface area contributed by atoms with Crippen LogP contribution in [0.4, 0.5) is 5.69 Å². The number of carbonyl (C=O) groups excluding carboxylic acids is 1. The van der Waals surface area contributed by atoms with Gasteiger partial charge in [-0.15, -0.1) is 0 Å². The van der Waals surface area contributed by atoms with Gasteiger partial charge in [-0.05, 0) is 23.3 Å². The lowest BCUT2D eigenvalue weighted by Crippen LogP contribution is -2.51. The van der Waals surface area contributed by atoms with E-state index in [2.05, 4.69) is 56.1 Å². The third-order valence-corrected chi connectivity index (χ3v) is 6.10. The SMILES string of the molecule is O=C(Nc1ccccc1)C(N=NC1CC2=Cc3ccccc3C2CO1)N1CCNCC1. The molecule has 2 fully saturated rings. The molecule has 1 aliphatic carbocycles. The summed E-state index contributed by atoms with van der Waals surface area (Å²) in [6, 6.07) is 17.9. The van der Waals surface area contributed by atoms with Gasteiger partial charge in [0, 0.05) is 44.2 Å². The predicted octanol–water partition coefficient (Wildman–Crippen LogP) is 3.24. The number of nitrogens with one attached hydrogen (secondary N) is 2. The minimum Gasteiger partial charge on any atom is -0.353 e. The molecule has 2 aromatic rings. The van der Waals surface area contributed by atoms with E-state index in [4.69, 9.17) is 4.74 Å². The van der Waals surface area contributed by atoms with Crippen LogP contribution in [0.1, 0.15) is 23.5 Å². The maximum absolute atomic E-state index is 13.0. The molecule has 2 N–H and O–H groups in total. The Morgan fingerprint density at radius 3 is 2.71 bits per heavy atom. The molecule has 1 amide bonds. The highest BCUT2D eigenvalue weighted by Crippen LogP contribution is 2.42. The van der Waals surface area contributed by atoms with E-state index in [9.17, 15) is 4.79 Å². The van der Waals surface area contributed by atoms with E-state index >= 15 is 0 Å². The van der Waals surface area contributed by atoms with Crippen molar-refractivity contribution in [3.63, 3.8) is 0 Å². The van der Waals surface area contributed by atoms with Crippen LogP contribution < -0.4 is 10.6 Å². The van der Waals surface area contributed by atoms with E-state index in [1.807, 2.05) is 30.3 Å². The minimum absolute atomic E-state index is 0.168. The fourth-order valence-electron chi connectivity index (χ4n) is 4.48. The predicted molar refractivity (Wildman–Crippen MR) is 120 cm³/mol. The summed E-state index contributed by atoms with van der Waals surface area (Å²) < 4.78 is 6.02.